The fourth-order valence-corrected chi connectivity index (χ4v) is 2.94. The first kappa shape index (κ1) is 12.8. The molecule has 0 spiro atoms. The zero-order valence-electron chi connectivity index (χ0n) is 10.9. The van der Waals surface area contributed by atoms with Crippen molar-refractivity contribution in [3.05, 3.63) is 0 Å². The molecule has 0 saturated carbocycles. The Bertz CT molecular complexity index is 251. The van der Waals surface area contributed by atoms with Crippen LogP contribution in [0.4, 0.5) is 0 Å². The molecule has 1 amide bonds. The quantitative estimate of drug-likeness (QED) is 0.760. The average molecular weight is 239 g/mol. The Morgan fingerprint density at radius 1 is 1.24 bits per heavy atom. The Morgan fingerprint density at radius 2 is 2.12 bits per heavy atom. The molecule has 2 saturated heterocycles. The molecule has 0 bridgehead atoms. The minimum atomic E-state index is 0.102. The van der Waals surface area contributed by atoms with E-state index in [1.807, 2.05) is 0 Å². The lowest BCUT2D eigenvalue weighted by atomic mass is 10.1. The normalized spacial score (nSPS) is 30.4. The molecule has 2 rings (SSSR count). The number of hydrogen-bond donors (Lipinski definition) is 2. The van der Waals surface area contributed by atoms with Crippen LogP contribution in [0.5, 0.6) is 0 Å². The van der Waals surface area contributed by atoms with E-state index in [1.54, 1.807) is 0 Å². The molecule has 0 aromatic heterocycles. The van der Waals surface area contributed by atoms with Gasteiger partial charge in [-0.25, -0.2) is 0 Å². The van der Waals surface area contributed by atoms with Gasteiger partial charge in [0.1, 0.15) is 0 Å². The second kappa shape index (κ2) is 6.36. The monoisotopic (exact) mass is 239 g/mol. The van der Waals surface area contributed by atoms with Crippen LogP contribution < -0.4 is 10.6 Å². The van der Waals surface area contributed by atoms with E-state index in [4.69, 9.17) is 0 Å². The van der Waals surface area contributed by atoms with Gasteiger partial charge in [-0.2, -0.15) is 0 Å². The third-order valence-corrected chi connectivity index (χ3v) is 3.97. The van der Waals surface area contributed by atoms with Crippen molar-refractivity contribution < 1.29 is 4.79 Å². The smallest absolute Gasteiger partial charge is 0.237 e. The Balaban J connectivity index is 1.92. The maximum absolute atomic E-state index is 12.0. The molecule has 2 fully saturated rings. The van der Waals surface area contributed by atoms with Gasteiger partial charge in [0.15, 0.2) is 0 Å². The van der Waals surface area contributed by atoms with E-state index in [9.17, 15) is 4.79 Å². The Labute approximate surface area is 104 Å². The van der Waals surface area contributed by atoms with Crippen LogP contribution in [0.15, 0.2) is 0 Å². The van der Waals surface area contributed by atoms with Crippen LogP contribution in [-0.2, 0) is 4.79 Å². The number of carbonyl (C=O) groups is 1. The summed E-state index contributed by atoms with van der Waals surface area (Å²) in [5.41, 5.74) is 0. The number of carbonyl (C=O) groups excluding carboxylic acids is 1. The van der Waals surface area contributed by atoms with Crippen molar-refractivity contribution in [3.8, 4) is 0 Å². The van der Waals surface area contributed by atoms with Crippen LogP contribution in [0.25, 0.3) is 0 Å². The second-order valence-electron chi connectivity index (χ2n) is 5.18. The molecule has 2 atom stereocenters. The van der Waals surface area contributed by atoms with Crippen LogP contribution in [0.3, 0.4) is 0 Å². The first-order chi connectivity index (χ1) is 8.31. The van der Waals surface area contributed by atoms with Gasteiger partial charge in [-0.1, -0.05) is 6.92 Å². The summed E-state index contributed by atoms with van der Waals surface area (Å²) in [5, 5.41) is 6.55. The first-order valence-corrected chi connectivity index (χ1v) is 7.06. The summed E-state index contributed by atoms with van der Waals surface area (Å²) in [6.45, 7) is 6.14. The highest BCUT2D eigenvalue weighted by Gasteiger charge is 2.28. The molecule has 2 unspecified atom stereocenters. The van der Waals surface area contributed by atoms with Crippen LogP contribution in [0.2, 0.25) is 0 Å². The lowest BCUT2D eigenvalue weighted by molar-refractivity contribution is -0.126. The zero-order valence-corrected chi connectivity index (χ0v) is 10.9. The third-order valence-electron chi connectivity index (χ3n) is 3.97. The van der Waals surface area contributed by atoms with Gasteiger partial charge in [0.2, 0.25) is 5.91 Å². The van der Waals surface area contributed by atoms with Gasteiger partial charge in [-0.3, -0.25) is 9.69 Å². The highest BCUT2D eigenvalue weighted by molar-refractivity contribution is 5.81. The second-order valence-corrected chi connectivity index (χ2v) is 5.18. The molecular formula is C13H25N3O. The SMILES string of the molecule is CCN(CC1CCCN1)C1CCCCNC1=O. The van der Waals surface area contributed by atoms with E-state index in [0.717, 1.165) is 45.4 Å². The largest absolute Gasteiger partial charge is 0.355 e. The molecule has 0 aromatic carbocycles. The maximum Gasteiger partial charge on any atom is 0.237 e. The molecule has 4 nitrogen and oxygen atoms in total. The van der Waals surface area contributed by atoms with Crippen LogP contribution in [0.1, 0.15) is 39.0 Å². The zero-order chi connectivity index (χ0) is 12.1. The van der Waals surface area contributed by atoms with Crippen molar-refractivity contribution in [2.45, 2.75) is 51.1 Å². The number of likely N-dealkylation sites (N-methyl/N-ethyl adjacent to an activating group) is 1. The molecule has 0 radical (unpaired) electrons. The molecular weight excluding hydrogens is 214 g/mol. The van der Waals surface area contributed by atoms with Crippen molar-refractivity contribution >= 4 is 5.91 Å². The van der Waals surface area contributed by atoms with Gasteiger partial charge in [-0.15, -0.1) is 0 Å². The summed E-state index contributed by atoms with van der Waals surface area (Å²) in [4.78, 5) is 14.4. The Hall–Kier alpha value is -0.610. The van der Waals surface area contributed by atoms with E-state index < -0.39 is 0 Å². The summed E-state index contributed by atoms with van der Waals surface area (Å²) in [5.74, 6) is 0.238. The van der Waals surface area contributed by atoms with E-state index in [0.29, 0.717) is 6.04 Å². The summed E-state index contributed by atoms with van der Waals surface area (Å²) >= 11 is 0. The highest BCUT2D eigenvalue weighted by Crippen LogP contribution is 2.15. The number of amides is 1. The lowest BCUT2D eigenvalue weighted by Crippen LogP contribution is -2.49. The highest BCUT2D eigenvalue weighted by atomic mass is 16.2. The Kier molecular flexibility index (Phi) is 4.80. The first-order valence-electron chi connectivity index (χ1n) is 7.06. The molecule has 2 aliphatic heterocycles. The van der Waals surface area contributed by atoms with Crippen LogP contribution >= 0.6 is 0 Å². The third kappa shape index (κ3) is 3.42. The van der Waals surface area contributed by atoms with Gasteiger partial charge in [0.25, 0.3) is 0 Å². The maximum atomic E-state index is 12.0. The van der Waals surface area contributed by atoms with Crippen molar-refractivity contribution in [1.29, 1.82) is 0 Å². The number of nitrogens with one attached hydrogen (secondary N) is 2. The summed E-state index contributed by atoms with van der Waals surface area (Å²) in [6, 6.07) is 0.691. The van der Waals surface area contributed by atoms with E-state index in [2.05, 4.69) is 22.5 Å². The minimum absolute atomic E-state index is 0.102. The topological polar surface area (TPSA) is 44.4 Å². The molecule has 0 aliphatic carbocycles. The molecule has 2 heterocycles. The lowest BCUT2D eigenvalue weighted by Gasteiger charge is -2.30. The van der Waals surface area contributed by atoms with Gasteiger partial charge >= 0.3 is 0 Å². The molecule has 2 aliphatic rings. The summed E-state index contributed by atoms with van der Waals surface area (Å²) < 4.78 is 0. The van der Waals surface area contributed by atoms with E-state index in [-0.39, 0.29) is 11.9 Å². The molecule has 98 valence electrons. The number of hydrogen-bond acceptors (Lipinski definition) is 3. The van der Waals surface area contributed by atoms with Gasteiger partial charge < -0.3 is 10.6 Å². The molecule has 17 heavy (non-hydrogen) atoms. The fourth-order valence-electron chi connectivity index (χ4n) is 2.94. The molecule has 2 N–H and O–H groups in total. The van der Waals surface area contributed by atoms with Gasteiger partial charge in [0.05, 0.1) is 6.04 Å². The Morgan fingerprint density at radius 3 is 2.82 bits per heavy atom. The van der Waals surface area contributed by atoms with Gasteiger partial charge in [0, 0.05) is 19.1 Å². The average Bonchev–Trinajstić information content (AvgIpc) is 2.75. The van der Waals surface area contributed by atoms with Crippen molar-refractivity contribution in [2.24, 2.45) is 0 Å². The van der Waals surface area contributed by atoms with E-state index in [1.165, 1.54) is 12.8 Å². The predicted octanol–water partition coefficient (Wildman–Crippen LogP) is 0.729. The summed E-state index contributed by atoms with van der Waals surface area (Å²) in [7, 11) is 0. The number of rotatable bonds is 4. The molecule has 0 aromatic rings. The fraction of sp³-hybridized carbons (Fsp3) is 0.923. The van der Waals surface area contributed by atoms with E-state index >= 15 is 0 Å². The van der Waals surface area contributed by atoms with Crippen molar-refractivity contribution in [2.75, 3.05) is 26.2 Å². The predicted molar refractivity (Wildman–Crippen MR) is 68.9 cm³/mol. The van der Waals surface area contributed by atoms with Crippen molar-refractivity contribution in [3.63, 3.8) is 0 Å². The van der Waals surface area contributed by atoms with Crippen LogP contribution in [0, 0.1) is 0 Å². The van der Waals surface area contributed by atoms with Crippen LogP contribution in [-0.4, -0.2) is 49.1 Å². The van der Waals surface area contributed by atoms with Crippen molar-refractivity contribution in [1.82, 2.24) is 15.5 Å². The molecule has 4 heteroatoms. The number of nitrogens with zero attached hydrogens (tertiary/aromatic N) is 1. The van der Waals surface area contributed by atoms with Gasteiger partial charge in [-0.05, 0) is 45.2 Å². The minimum Gasteiger partial charge on any atom is -0.355 e. The standard InChI is InChI=1S/C13H25N3O/c1-2-16(10-11-6-5-9-14-11)12-7-3-4-8-15-13(12)17/h11-12,14H,2-10H2,1H3,(H,15,17). The summed E-state index contributed by atoms with van der Waals surface area (Å²) in [6.07, 6.45) is 5.84.